The fourth-order valence-corrected chi connectivity index (χ4v) is 3.88. The fourth-order valence-electron chi connectivity index (χ4n) is 3.31. The van der Waals surface area contributed by atoms with Gasteiger partial charge in [-0.1, -0.05) is 13.8 Å². The molecule has 0 aliphatic carbocycles. The Morgan fingerprint density at radius 2 is 1.56 bits per heavy atom. The minimum Gasteiger partial charge on any atom is -0.341 e. The van der Waals surface area contributed by atoms with E-state index in [9.17, 15) is 18.0 Å². The number of nitrogens with zero attached hydrogens (tertiary/aromatic N) is 2. The second-order valence-corrected chi connectivity index (χ2v) is 8.68. The van der Waals surface area contributed by atoms with Crippen molar-refractivity contribution in [3.05, 3.63) is 29.8 Å². The maximum Gasteiger partial charge on any atom is 0.253 e. The third-order valence-electron chi connectivity index (χ3n) is 4.86. The summed E-state index contributed by atoms with van der Waals surface area (Å²) in [4.78, 5) is 29.0. The summed E-state index contributed by atoms with van der Waals surface area (Å²) in [6, 6.07) is 6.39. The van der Waals surface area contributed by atoms with E-state index >= 15 is 0 Å². The number of amides is 2. The molecule has 8 heteroatoms. The van der Waals surface area contributed by atoms with Crippen LogP contribution in [-0.2, 0) is 14.8 Å². The summed E-state index contributed by atoms with van der Waals surface area (Å²) in [5.74, 6) is 0.144. The highest BCUT2D eigenvalue weighted by molar-refractivity contribution is 7.92. The molecule has 0 bridgehead atoms. The number of sulfonamides is 1. The van der Waals surface area contributed by atoms with Gasteiger partial charge < -0.3 is 9.80 Å². The van der Waals surface area contributed by atoms with Crippen LogP contribution in [0, 0.1) is 5.92 Å². The van der Waals surface area contributed by atoms with Crippen molar-refractivity contribution in [3.63, 3.8) is 0 Å². The van der Waals surface area contributed by atoms with E-state index in [1.54, 1.807) is 29.2 Å². The molecule has 0 spiro atoms. The molecular weight excluding hydrogens is 366 g/mol. The number of benzene rings is 1. The summed E-state index contributed by atoms with van der Waals surface area (Å²) in [6.07, 6.45) is 3.51. The molecule has 2 amide bonds. The van der Waals surface area contributed by atoms with Crippen molar-refractivity contribution >= 4 is 27.5 Å². The van der Waals surface area contributed by atoms with Crippen LogP contribution in [-0.4, -0.2) is 62.5 Å². The van der Waals surface area contributed by atoms with Gasteiger partial charge in [0.15, 0.2) is 0 Å². The van der Waals surface area contributed by atoms with Crippen LogP contribution in [0.15, 0.2) is 24.3 Å². The van der Waals surface area contributed by atoms with Crippen LogP contribution in [0.2, 0.25) is 0 Å². The SMILES string of the molecule is CCC(CC)C(=O)N1CCCN(C(=O)c2ccc(NS(C)(=O)=O)cc2)CC1. The standard InChI is InChI=1S/C19H29N3O4S/c1-4-15(5-2)18(23)21-11-6-12-22(14-13-21)19(24)16-7-9-17(10-8-16)20-27(3,25)26/h7-10,15,20H,4-6,11-14H2,1-3H3. The second-order valence-electron chi connectivity index (χ2n) is 6.94. The molecule has 1 aromatic carbocycles. The first-order valence-corrected chi connectivity index (χ1v) is 11.3. The average molecular weight is 396 g/mol. The quantitative estimate of drug-likeness (QED) is 0.800. The maximum absolute atomic E-state index is 12.8. The highest BCUT2D eigenvalue weighted by atomic mass is 32.2. The Morgan fingerprint density at radius 3 is 2.11 bits per heavy atom. The van der Waals surface area contributed by atoms with Crippen molar-refractivity contribution in [2.24, 2.45) is 5.92 Å². The predicted molar refractivity (Wildman–Crippen MR) is 106 cm³/mol. The van der Waals surface area contributed by atoms with Gasteiger partial charge in [-0.2, -0.15) is 0 Å². The zero-order valence-electron chi connectivity index (χ0n) is 16.3. The molecule has 1 aliphatic rings. The van der Waals surface area contributed by atoms with E-state index in [0.717, 1.165) is 25.5 Å². The van der Waals surface area contributed by atoms with E-state index in [0.29, 0.717) is 37.4 Å². The Kier molecular flexibility index (Phi) is 7.24. The van der Waals surface area contributed by atoms with Gasteiger partial charge in [0.25, 0.3) is 5.91 Å². The first-order valence-electron chi connectivity index (χ1n) is 9.41. The molecule has 1 fully saturated rings. The number of anilines is 1. The molecule has 1 saturated heterocycles. The van der Waals surface area contributed by atoms with Crippen molar-refractivity contribution in [1.29, 1.82) is 0 Å². The van der Waals surface area contributed by atoms with Crippen LogP contribution in [0.4, 0.5) is 5.69 Å². The first-order chi connectivity index (χ1) is 12.7. The summed E-state index contributed by atoms with van der Waals surface area (Å²) in [5.41, 5.74) is 0.931. The van der Waals surface area contributed by atoms with Crippen molar-refractivity contribution in [1.82, 2.24) is 9.80 Å². The maximum atomic E-state index is 12.8. The number of carbonyl (C=O) groups excluding carboxylic acids is 2. The number of carbonyl (C=O) groups is 2. The van der Waals surface area contributed by atoms with Gasteiger partial charge in [-0.3, -0.25) is 14.3 Å². The van der Waals surface area contributed by atoms with E-state index in [2.05, 4.69) is 4.72 Å². The summed E-state index contributed by atoms with van der Waals surface area (Å²) in [5, 5.41) is 0. The average Bonchev–Trinajstić information content (AvgIpc) is 2.87. The second kappa shape index (κ2) is 9.21. The van der Waals surface area contributed by atoms with Gasteiger partial charge in [0.05, 0.1) is 6.26 Å². The minimum absolute atomic E-state index is 0.0575. The van der Waals surface area contributed by atoms with E-state index < -0.39 is 10.0 Å². The van der Waals surface area contributed by atoms with Crippen molar-refractivity contribution in [2.75, 3.05) is 37.2 Å². The largest absolute Gasteiger partial charge is 0.341 e. The van der Waals surface area contributed by atoms with Gasteiger partial charge >= 0.3 is 0 Å². The van der Waals surface area contributed by atoms with Crippen LogP contribution in [0.3, 0.4) is 0 Å². The molecule has 1 aromatic rings. The summed E-state index contributed by atoms with van der Waals surface area (Å²) >= 11 is 0. The molecular formula is C19H29N3O4S. The van der Waals surface area contributed by atoms with E-state index in [1.807, 2.05) is 18.7 Å². The molecule has 0 atom stereocenters. The zero-order chi connectivity index (χ0) is 20.0. The smallest absolute Gasteiger partial charge is 0.253 e. The zero-order valence-corrected chi connectivity index (χ0v) is 17.1. The Morgan fingerprint density at radius 1 is 1.00 bits per heavy atom. The molecule has 0 saturated carbocycles. The highest BCUT2D eigenvalue weighted by Crippen LogP contribution is 2.17. The lowest BCUT2D eigenvalue weighted by Crippen LogP contribution is -2.39. The molecule has 27 heavy (non-hydrogen) atoms. The van der Waals surface area contributed by atoms with E-state index in [4.69, 9.17) is 0 Å². The lowest BCUT2D eigenvalue weighted by molar-refractivity contribution is -0.135. The third kappa shape index (κ3) is 5.95. The van der Waals surface area contributed by atoms with Crippen LogP contribution in [0.25, 0.3) is 0 Å². The molecule has 7 nitrogen and oxygen atoms in total. The van der Waals surface area contributed by atoms with Gasteiger partial charge in [0, 0.05) is 43.3 Å². The normalized spacial score (nSPS) is 15.6. The summed E-state index contributed by atoms with van der Waals surface area (Å²) in [7, 11) is -3.34. The summed E-state index contributed by atoms with van der Waals surface area (Å²) in [6.45, 7) is 6.40. The lowest BCUT2D eigenvalue weighted by atomic mass is 10.0. The molecule has 1 heterocycles. The fraction of sp³-hybridized carbons (Fsp3) is 0.579. The van der Waals surface area contributed by atoms with Gasteiger partial charge in [-0.05, 0) is 43.5 Å². The monoisotopic (exact) mass is 395 g/mol. The molecule has 150 valence electrons. The van der Waals surface area contributed by atoms with Gasteiger partial charge in [-0.15, -0.1) is 0 Å². The minimum atomic E-state index is -3.34. The van der Waals surface area contributed by atoms with Crippen LogP contribution >= 0.6 is 0 Å². The Bertz CT molecular complexity index is 758. The van der Waals surface area contributed by atoms with Crippen LogP contribution in [0.1, 0.15) is 43.5 Å². The molecule has 1 N–H and O–H groups in total. The molecule has 1 aliphatic heterocycles. The first kappa shape index (κ1) is 21.2. The van der Waals surface area contributed by atoms with E-state index in [-0.39, 0.29) is 17.7 Å². The third-order valence-corrected chi connectivity index (χ3v) is 5.47. The topological polar surface area (TPSA) is 86.8 Å². The number of hydrogen-bond donors (Lipinski definition) is 1. The van der Waals surface area contributed by atoms with Crippen LogP contribution in [0.5, 0.6) is 0 Å². The van der Waals surface area contributed by atoms with Gasteiger partial charge in [0.2, 0.25) is 15.9 Å². The Labute approximate surface area is 161 Å². The van der Waals surface area contributed by atoms with Crippen molar-refractivity contribution < 1.29 is 18.0 Å². The lowest BCUT2D eigenvalue weighted by Gasteiger charge is -2.25. The predicted octanol–water partition coefficient (Wildman–Crippen LogP) is 2.17. The summed E-state index contributed by atoms with van der Waals surface area (Å²) < 4.78 is 24.9. The molecule has 2 rings (SSSR count). The van der Waals surface area contributed by atoms with Crippen LogP contribution < -0.4 is 4.72 Å². The van der Waals surface area contributed by atoms with Crippen molar-refractivity contribution in [3.8, 4) is 0 Å². The van der Waals surface area contributed by atoms with Gasteiger partial charge in [0.1, 0.15) is 0 Å². The molecule has 0 radical (unpaired) electrons. The van der Waals surface area contributed by atoms with E-state index in [1.165, 1.54) is 0 Å². The highest BCUT2D eigenvalue weighted by Gasteiger charge is 2.26. The van der Waals surface area contributed by atoms with Gasteiger partial charge in [-0.25, -0.2) is 8.42 Å². The number of nitrogens with one attached hydrogen (secondary N) is 1. The molecule has 0 aromatic heterocycles. The Balaban J connectivity index is 2.00. The Hall–Kier alpha value is -2.09. The van der Waals surface area contributed by atoms with Crippen molar-refractivity contribution in [2.45, 2.75) is 33.1 Å². The number of rotatable bonds is 6. The molecule has 0 unspecified atom stereocenters. The number of hydrogen-bond acceptors (Lipinski definition) is 4.